The van der Waals surface area contributed by atoms with Gasteiger partial charge < -0.3 is 10.1 Å². The van der Waals surface area contributed by atoms with Gasteiger partial charge in [0, 0.05) is 11.8 Å². The van der Waals surface area contributed by atoms with Crippen LogP contribution in [0.2, 0.25) is 5.15 Å². The van der Waals surface area contributed by atoms with Crippen LogP contribution in [0.3, 0.4) is 0 Å². The smallest absolute Gasteiger partial charge is 0.251 e. The summed E-state index contributed by atoms with van der Waals surface area (Å²) in [4.78, 5) is 16.3. The van der Waals surface area contributed by atoms with Crippen LogP contribution in [-0.2, 0) is 0 Å². The highest BCUT2D eigenvalue weighted by Gasteiger charge is 2.33. The third kappa shape index (κ3) is 3.39. The number of benzene rings is 1. The van der Waals surface area contributed by atoms with E-state index in [1.807, 2.05) is 24.3 Å². The van der Waals surface area contributed by atoms with E-state index in [1.54, 1.807) is 19.2 Å². The molecule has 1 amide bonds. The number of halogens is 1. The van der Waals surface area contributed by atoms with Crippen LogP contribution >= 0.6 is 11.6 Å². The fourth-order valence-corrected chi connectivity index (χ4v) is 2.66. The molecule has 0 radical (unpaired) electrons. The van der Waals surface area contributed by atoms with Crippen molar-refractivity contribution in [3.05, 3.63) is 58.9 Å². The predicted molar refractivity (Wildman–Crippen MR) is 85.2 cm³/mol. The molecule has 4 nitrogen and oxygen atoms in total. The molecule has 1 heterocycles. The molecule has 1 unspecified atom stereocenters. The second-order valence-electron chi connectivity index (χ2n) is 5.43. The minimum atomic E-state index is -0.128. The lowest BCUT2D eigenvalue weighted by molar-refractivity contribution is 0.0931. The zero-order chi connectivity index (χ0) is 15.5. The van der Waals surface area contributed by atoms with Crippen LogP contribution in [0.1, 0.15) is 34.8 Å². The molecule has 22 heavy (non-hydrogen) atoms. The first-order valence-electron chi connectivity index (χ1n) is 7.24. The van der Waals surface area contributed by atoms with Crippen LogP contribution in [0.25, 0.3) is 0 Å². The Hall–Kier alpha value is -2.07. The molecule has 0 bridgehead atoms. The van der Waals surface area contributed by atoms with E-state index in [4.69, 9.17) is 16.3 Å². The lowest BCUT2D eigenvalue weighted by Crippen LogP contribution is -2.29. The molecule has 1 aliphatic rings. The number of carbonyl (C=O) groups is 1. The SMILES string of the molecule is COc1ccc(C(NC(=O)c2ccnc(Cl)c2)C2CC2)cc1. The number of aromatic nitrogens is 1. The summed E-state index contributed by atoms with van der Waals surface area (Å²) < 4.78 is 5.18. The maximum Gasteiger partial charge on any atom is 0.251 e. The van der Waals surface area contributed by atoms with Crippen LogP contribution in [0, 0.1) is 5.92 Å². The standard InChI is InChI=1S/C17H17ClN2O2/c1-22-14-6-4-12(5-7-14)16(11-2-3-11)20-17(21)13-8-9-19-15(18)10-13/h4-11,16H,2-3H2,1H3,(H,20,21). The minimum Gasteiger partial charge on any atom is -0.497 e. The van der Waals surface area contributed by atoms with Crippen LogP contribution in [0.15, 0.2) is 42.6 Å². The fourth-order valence-electron chi connectivity index (χ4n) is 2.48. The average Bonchev–Trinajstić information content (AvgIpc) is 3.37. The highest BCUT2D eigenvalue weighted by molar-refractivity contribution is 6.29. The average molecular weight is 317 g/mol. The first kappa shape index (κ1) is 14.9. The Morgan fingerprint density at radius 3 is 2.64 bits per heavy atom. The van der Waals surface area contributed by atoms with Crippen molar-refractivity contribution in [2.75, 3.05) is 7.11 Å². The molecule has 1 aromatic heterocycles. The Morgan fingerprint density at radius 1 is 1.32 bits per heavy atom. The number of hydrogen-bond acceptors (Lipinski definition) is 3. The summed E-state index contributed by atoms with van der Waals surface area (Å²) in [6.45, 7) is 0. The van der Waals surface area contributed by atoms with Gasteiger partial charge in [0.2, 0.25) is 0 Å². The molecular formula is C17H17ClN2O2. The normalized spacial score (nSPS) is 15.2. The zero-order valence-corrected chi connectivity index (χ0v) is 13.0. The number of nitrogens with zero attached hydrogens (tertiary/aromatic N) is 1. The molecule has 1 saturated carbocycles. The van der Waals surface area contributed by atoms with Crippen LogP contribution in [0.5, 0.6) is 5.75 Å². The van der Waals surface area contributed by atoms with Crippen molar-refractivity contribution < 1.29 is 9.53 Å². The molecule has 2 aromatic rings. The molecule has 0 aliphatic heterocycles. The van der Waals surface area contributed by atoms with Crippen LogP contribution in [-0.4, -0.2) is 18.0 Å². The van der Waals surface area contributed by atoms with Gasteiger partial charge in [-0.2, -0.15) is 0 Å². The number of nitrogens with one attached hydrogen (secondary N) is 1. The Bertz CT molecular complexity index is 669. The van der Waals surface area contributed by atoms with Crippen molar-refractivity contribution >= 4 is 17.5 Å². The van der Waals surface area contributed by atoms with E-state index in [1.165, 1.54) is 6.20 Å². The van der Waals surface area contributed by atoms with Crippen LogP contribution < -0.4 is 10.1 Å². The van der Waals surface area contributed by atoms with Crippen molar-refractivity contribution in [3.63, 3.8) is 0 Å². The molecule has 0 saturated heterocycles. The number of carbonyl (C=O) groups excluding carboxylic acids is 1. The molecule has 3 rings (SSSR count). The first-order chi connectivity index (χ1) is 10.7. The van der Waals surface area contributed by atoms with Gasteiger partial charge in [0.25, 0.3) is 5.91 Å². The van der Waals surface area contributed by atoms with Crippen LogP contribution in [0.4, 0.5) is 0 Å². The quantitative estimate of drug-likeness (QED) is 0.857. The van der Waals surface area contributed by atoms with E-state index >= 15 is 0 Å². The third-order valence-electron chi connectivity index (χ3n) is 3.84. The summed E-state index contributed by atoms with van der Waals surface area (Å²) in [7, 11) is 1.64. The van der Waals surface area contributed by atoms with E-state index < -0.39 is 0 Å². The van der Waals surface area contributed by atoms with E-state index in [0.717, 1.165) is 24.2 Å². The van der Waals surface area contributed by atoms with Gasteiger partial charge in [0.1, 0.15) is 10.9 Å². The first-order valence-corrected chi connectivity index (χ1v) is 7.61. The molecule has 114 valence electrons. The summed E-state index contributed by atoms with van der Waals surface area (Å²) in [5, 5.41) is 3.43. The summed E-state index contributed by atoms with van der Waals surface area (Å²) >= 11 is 5.85. The van der Waals surface area contributed by atoms with Crippen molar-refractivity contribution in [1.29, 1.82) is 0 Å². The van der Waals surface area contributed by atoms with Gasteiger partial charge in [-0.15, -0.1) is 0 Å². The highest BCUT2D eigenvalue weighted by Crippen LogP contribution is 2.41. The van der Waals surface area contributed by atoms with Gasteiger partial charge in [0.05, 0.1) is 13.2 Å². The van der Waals surface area contributed by atoms with Gasteiger partial charge in [-0.25, -0.2) is 4.98 Å². The number of hydrogen-bond donors (Lipinski definition) is 1. The molecule has 1 aliphatic carbocycles. The molecule has 1 N–H and O–H groups in total. The van der Waals surface area contributed by atoms with E-state index in [-0.39, 0.29) is 11.9 Å². The van der Waals surface area contributed by atoms with Gasteiger partial charge >= 0.3 is 0 Å². The Kier molecular flexibility index (Phi) is 4.29. The van der Waals surface area contributed by atoms with Gasteiger partial charge in [-0.05, 0) is 48.6 Å². The van der Waals surface area contributed by atoms with Gasteiger partial charge in [0.15, 0.2) is 0 Å². The lowest BCUT2D eigenvalue weighted by atomic mass is 10.0. The molecule has 0 spiro atoms. The van der Waals surface area contributed by atoms with Gasteiger partial charge in [-0.3, -0.25) is 4.79 Å². The summed E-state index contributed by atoms with van der Waals surface area (Å²) in [6.07, 6.45) is 3.80. The monoisotopic (exact) mass is 316 g/mol. The second-order valence-corrected chi connectivity index (χ2v) is 5.82. The second kappa shape index (κ2) is 6.36. The molecule has 1 fully saturated rings. The lowest BCUT2D eigenvalue weighted by Gasteiger charge is -2.19. The molecular weight excluding hydrogens is 300 g/mol. The Balaban J connectivity index is 1.78. The summed E-state index contributed by atoms with van der Waals surface area (Å²) in [5.41, 5.74) is 1.62. The molecule has 5 heteroatoms. The van der Waals surface area contributed by atoms with Crippen molar-refractivity contribution in [1.82, 2.24) is 10.3 Å². The zero-order valence-electron chi connectivity index (χ0n) is 12.3. The molecule has 1 atom stereocenters. The number of methoxy groups -OCH3 is 1. The Labute approximate surface area is 134 Å². The van der Waals surface area contributed by atoms with Crippen molar-refractivity contribution in [2.45, 2.75) is 18.9 Å². The highest BCUT2D eigenvalue weighted by atomic mass is 35.5. The maximum absolute atomic E-state index is 12.4. The summed E-state index contributed by atoms with van der Waals surface area (Å²) in [5.74, 6) is 1.18. The Morgan fingerprint density at radius 2 is 2.05 bits per heavy atom. The van der Waals surface area contributed by atoms with E-state index in [2.05, 4.69) is 10.3 Å². The van der Waals surface area contributed by atoms with Crippen molar-refractivity contribution in [2.24, 2.45) is 5.92 Å². The third-order valence-corrected chi connectivity index (χ3v) is 4.05. The van der Waals surface area contributed by atoms with Crippen molar-refractivity contribution in [3.8, 4) is 5.75 Å². The van der Waals surface area contributed by atoms with E-state index in [0.29, 0.717) is 16.6 Å². The number of ether oxygens (including phenoxy) is 1. The fraction of sp³-hybridized carbons (Fsp3) is 0.294. The summed E-state index contributed by atoms with van der Waals surface area (Å²) in [6, 6.07) is 11.1. The number of amides is 1. The molecule has 1 aromatic carbocycles. The largest absolute Gasteiger partial charge is 0.497 e. The topological polar surface area (TPSA) is 51.2 Å². The van der Waals surface area contributed by atoms with Gasteiger partial charge in [-0.1, -0.05) is 23.7 Å². The van der Waals surface area contributed by atoms with E-state index in [9.17, 15) is 4.79 Å². The maximum atomic E-state index is 12.4. The number of rotatable bonds is 5. The predicted octanol–water partition coefficient (Wildman–Crippen LogP) is 3.62. The number of pyridine rings is 1. The minimum absolute atomic E-state index is 0.0188.